The Balaban J connectivity index is 0.00000127. The lowest BCUT2D eigenvalue weighted by Crippen LogP contribution is -2.58. The Morgan fingerprint density at radius 1 is 1.00 bits per heavy atom. The molecule has 1 N–H and O–H groups in total. The molecule has 0 amide bonds. The van der Waals surface area contributed by atoms with E-state index in [1.807, 2.05) is 41.5 Å². The summed E-state index contributed by atoms with van der Waals surface area (Å²) in [6, 6.07) is 0.124. The van der Waals surface area contributed by atoms with Gasteiger partial charge in [0.1, 0.15) is 6.23 Å². The van der Waals surface area contributed by atoms with E-state index in [9.17, 15) is 0 Å². The zero-order chi connectivity index (χ0) is 17.5. The van der Waals surface area contributed by atoms with E-state index < -0.39 is 5.79 Å². The predicted molar refractivity (Wildman–Crippen MR) is 89.3 cm³/mol. The van der Waals surface area contributed by atoms with Crippen LogP contribution in [0.3, 0.4) is 0 Å². The minimum Gasteiger partial charge on any atom is -0.396 e. The molecule has 1 atom stereocenters. The van der Waals surface area contributed by atoms with Gasteiger partial charge in [-0.3, -0.25) is 4.90 Å². The monoisotopic (exact) mass is 333 g/mol. The molecule has 0 aromatic rings. The van der Waals surface area contributed by atoms with Gasteiger partial charge in [-0.1, -0.05) is 13.8 Å². The summed E-state index contributed by atoms with van der Waals surface area (Å²) in [7, 11) is 0. The average molecular weight is 333 g/mol. The standard InChI is InChI=1S/C15H29NO5.C2H6/c1-14(2)11-18-13(10-19-14)16(6-5-7-17)12-8-20-15(3,4)21-9-12;1-2/h12-13,17H,5-11H2,1-4H3;1-2H3. The molecule has 0 saturated carbocycles. The van der Waals surface area contributed by atoms with E-state index in [0.29, 0.717) is 32.8 Å². The van der Waals surface area contributed by atoms with Crippen molar-refractivity contribution in [3.63, 3.8) is 0 Å². The maximum absolute atomic E-state index is 9.12. The summed E-state index contributed by atoms with van der Waals surface area (Å²) in [5.74, 6) is -0.523. The molecule has 138 valence electrons. The molecule has 0 aromatic carbocycles. The second-order valence-corrected chi connectivity index (χ2v) is 6.83. The van der Waals surface area contributed by atoms with E-state index in [1.54, 1.807) is 0 Å². The molecule has 0 aromatic heterocycles. The molecule has 0 spiro atoms. The van der Waals surface area contributed by atoms with Gasteiger partial charge in [0.2, 0.25) is 0 Å². The summed E-state index contributed by atoms with van der Waals surface area (Å²) >= 11 is 0. The highest BCUT2D eigenvalue weighted by Gasteiger charge is 2.38. The molecule has 2 rings (SSSR count). The van der Waals surface area contributed by atoms with Crippen LogP contribution in [0.4, 0.5) is 0 Å². The van der Waals surface area contributed by atoms with Crippen LogP contribution in [-0.2, 0) is 18.9 Å². The molecule has 6 heteroatoms. The Kier molecular flexibility index (Phi) is 8.41. The molecule has 2 aliphatic heterocycles. The molecular formula is C17H35NO5. The third kappa shape index (κ3) is 6.64. The van der Waals surface area contributed by atoms with Crippen LogP contribution >= 0.6 is 0 Å². The van der Waals surface area contributed by atoms with E-state index in [1.165, 1.54) is 0 Å². The maximum Gasteiger partial charge on any atom is 0.162 e. The Hall–Kier alpha value is -0.240. The van der Waals surface area contributed by atoms with E-state index in [2.05, 4.69) is 4.90 Å². The predicted octanol–water partition coefficient (Wildman–Crippen LogP) is 2.00. The van der Waals surface area contributed by atoms with E-state index in [-0.39, 0.29) is 24.5 Å². The van der Waals surface area contributed by atoms with Gasteiger partial charge in [-0.15, -0.1) is 0 Å². The van der Waals surface area contributed by atoms with Crippen LogP contribution in [0.15, 0.2) is 0 Å². The highest BCUT2D eigenvalue weighted by molar-refractivity contribution is 4.82. The Labute approximate surface area is 141 Å². The Morgan fingerprint density at radius 2 is 1.61 bits per heavy atom. The fraction of sp³-hybridized carbons (Fsp3) is 1.00. The van der Waals surface area contributed by atoms with Gasteiger partial charge in [0.15, 0.2) is 5.79 Å². The molecule has 0 aliphatic carbocycles. The van der Waals surface area contributed by atoms with Crippen LogP contribution in [0.25, 0.3) is 0 Å². The van der Waals surface area contributed by atoms with Gasteiger partial charge < -0.3 is 24.1 Å². The third-order valence-corrected chi connectivity index (χ3v) is 3.90. The molecule has 2 fully saturated rings. The summed E-state index contributed by atoms with van der Waals surface area (Å²) in [6.45, 7) is 15.1. The third-order valence-electron chi connectivity index (χ3n) is 3.90. The van der Waals surface area contributed by atoms with Crippen molar-refractivity contribution in [1.82, 2.24) is 4.90 Å². The van der Waals surface area contributed by atoms with Gasteiger partial charge in [0.05, 0.1) is 38.1 Å². The van der Waals surface area contributed by atoms with Gasteiger partial charge in [-0.2, -0.15) is 0 Å². The van der Waals surface area contributed by atoms with Crippen molar-refractivity contribution in [2.75, 3.05) is 39.6 Å². The number of hydrogen-bond donors (Lipinski definition) is 1. The number of aliphatic hydroxyl groups excluding tert-OH is 1. The van der Waals surface area contributed by atoms with Crippen molar-refractivity contribution in [3.8, 4) is 0 Å². The first kappa shape index (κ1) is 20.8. The van der Waals surface area contributed by atoms with Crippen LogP contribution in [0, 0.1) is 0 Å². The Bertz CT molecular complexity index is 287. The second kappa shape index (κ2) is 9.30. The van der Waals surface area contributed by atoms with Crippen molar-refractivity contribution < 1.29 is 24.1 Å². The van der Waals surface area contributed by atoms with Crippen LogP contribution in [-0.4, -0.2) is 73.2 Å². The van der Waals surface area contributed by atoms with Crippen molar-refractivity contribution in [3.05, 3.63) is 0 Å². The normalized spacial score (nSPS) is 27.4. The Morgan fingerprint density at radius 3 is 2.09 bits per heavy atom. The van der Waals surface area contributed by atoms with Gasteiger partial charge >= 0.3 is 0 Å². The zero-order valence-electron chi connectivity index (χ0n) is 15.6. The quantitative estimate of drug-likeness (QED) is 0.830. The van der Waals surface area contributed by atoms with E-state index in [0.717, 1.165) is 6.54 Å². The largest absolute Gasteiger partial charge is 0.396 e. The van der Waals surface area contributed by atoms with E-state index >= 15 is 0 Å². The lowest BCUT2D eigenvalue weighted by atomic mass is 10.1. The van der Waals surface area contributed by atoms with E-state index in [4.69, 9.17) is 24.1 Å². The summed E-state index contributed by atoms with van der Waals surface area (Å²) in [5.41, 5.74) is -0.235. The minimum absolute atomic E-state index is 0.108. The number of ether oxygens (including phenoxy) is 4. The number of rotatable bonds is 5. The minimum atomic E-state index is -0.523. The van der Waals surface area contributed by atoms with Gasteiger partial charge in [-0.25, -0.2) is 0 Å². The second-order valence-electron chi connectivity index (χ2n) is 6.83. The molecule has 2 heterocycles. The number of nitrogens with zero attached hydrogens (tertiary/aromatic N) is 1. The van der Waals surface area contributed by atoms with Crippen LogP contribution in [0.1, 0.15) is 48.0 Å². The van der Waals surface area contributed by atoms with Gasteiger partial charge in [0.25, 0.3) is 0 Å². The first-order chi connectivity index (χ1) is 10.8. The van der Waals surface area contributed by atoms with Gasteiger partial charge in [-0.05, 0) is 34.1 Å². The smallest absolute Gasteiger partial charge is 0.162 e. The molecule has 23 heavy (non-hydrogen) atoms. The van der Waals surface area contributed by atoms with Crippen molar-refractivity contribution in [2.45, 2.75) is 71.6 Å². The molecule has 1 unspecified atom stereocenters. The van der Waals surface area contributed by atoms with Crippen LogP contribution < -0.4 is 0 Å². The summed E-state index contributed by atoms with van der Waals surface area (Å²) in [5, 5.41) is 9.12. The van der Waals surface area contributed by atoms with Crippen molar-refractivity contribution in [2.24, 2.45) is 0 Å². The SMILES string of the molecule is CC.CC1(C)COC(N(CCCO)C2COC(C)(C)OC2)CO1. The van der Waals surface area contributed by atoms with Crippen LogP contribution in [0.2, 0.25) is 0 Å². The molecule has 0 bridgehead atoms. The first-order valence-electron chi connectivity index (χ1n) is 8.73. The fourth-order valence-electron chi connectivity index (χ4n) is 2.57. The lowest BCUT2D eigenvalue weighted by molar-refractivity contribution is -0.285. The van der Waals surface area contributed by atoms with Crippen molar-refractivity contribution in [1.29, 1.82) is 0 Å². The maximum atomic E-state index is 9.12. The molecule has 2 saturated heterocycles. The number of aliphatic hydroxyl groups is 1. The summed E-state index contributed by atoms with van der Waals surface area (Å²) < 4.78 is 23.3. The van der Waals surface area contributed by atoms with Crippen LogP contribution in [0.5, 0.6) is 0 Å². The summed E-state index contributed by atoms with van der Waals surface area (Å²) in [6.07, 6.45) is 0.589. The lowest BCUT2D eigenvalue weighted by Gasteiger charge is -2.46. The molecule has 6 nitrogen and oxygen atoms in total. The van der Waals surface area contributed by atoms with Gasteiger partial charge in [0, 0.05) is 13.2 Å². The molecule has 0 radical (unpaired) electrons. The van der Waals surface area contributed by atoms with Crippen molar-refractivity contribution >= 4 is 0 Å². The molecular weight excluding hydrogens is 298 g/mol. The summed E-state index contributed by atoms with van der Waals surface area (Å²) in [4.78, 5) is 2.20. The average Bonchev–Trinajstić information content (AvgIpc) is 2.52. The zero-order valence-corrected chi connectivity index (χ0v) is 15.6. The number of hydrogen-bond acceptors (Lipinski definition) is 6. The topological polar surface area (TPSA) is 60.4 Å². The highest BCUT2D eigenvalue weighted by atomic mass is 16.7. The highest BCUT2D eigenvalue weighted by Crippen LogP contribution is 2.25. The fourth-order valence-corrected chi connectivity index (χ4v) is 2.57. The molecule has 2 aliphatic rings. The first-order valence-corrected chi connectivity index (χ1v) is 8.73.